The van der Waals surface area contributed by atoms with Gasteiger partial charge in [-0.3, -0.25) is 4.79 Å². The predicted molar refractivity (Wildman–Crippen MR) is 77.2 cm³/mol. The number of ether oxygens (including phenoxy) is 2. The van der Waals surface area contributed by atoms with Crippen molar-refractivity contribution >= 4 is 15.7 Å². The maximum atomic E-state index is 11.6. The molecule has 7 nitrogen and oxygen atoms in total. The van der Waals surface area contributed by atoms with Crippen LogP contribution in [0.15, 0.2) is 0 Å². The number of carbonyl (C=O) groups is 1. The zero-order chi connectivity index (χ0) is 15.4. The molecule has 120 valence electrons. The summed E-state index contributed by atoms with van der Waals surface area (Å²) in [6, 6.07) is -0.775. The van der Waals surface area contributed by atoms with Crippen molar-refractivity contribution in [3.05, 3.63) is 0 Å². The Bertz CT molecular complexity index is 359. The second-order valence-corrected chi connectivity index (χ2v) is 6.89. The van der Waals surface area contributed by atoms with Crippen LogP contribution in [0, 0.1) is 0 Å². The van der Waals surface area contributed by atoms with Gasteiger partial charge in [-0.25, -0.2) is 8.42 Å². The molecule has 0 aromatic carbocycles. The van der Waals surface area contributed by atoms with Crippen molar-refractivity contribution in [2.75, 3.05) is 45.5 Å². The third kappa shape index (κ3) is 12.3. The molecule has 1 atom stereocenters. The van der Waals surface area contributed by atoms with Crippen LogP contribution < -0.4 is 11.1 Å². The van der Waals surface area contributed by atoms with Crippen molar-refractivity contribution in [1.29, 1.82) is 0 Å². The lowest BCUT2D eigenvalue weighted by atomic mass is 10.2. The van der Waals surface area contributed by atoms with Crippen LogP contribution in [0.2, 0.25) is 0 Å². The van der Waals surface area contributed by atoms with Crippen LogP contribution in [0.1, 0.15) is 19.3 Å². The fourth-order valence-electron chi connectivity index (χ4n) is 1.39. The molecule has 0 radical (unpaired) electrons. The van der Waals surface area contributed by atoms with Crippen molar-refractivity contribution in [2.24, 2.45) is 5.73 Å². The average Bonchev–Trinajstić information content (AvgIpc) is 2.38. The Kier molecular flexibility index (Phi) is 10.6. The Morgan fingerprint density at radius 1 is 1.25 bits per heavy atom. The average molecular weight is 310 g/mol. The van der Waals surface area contributed by atoms with Gasteiger partial charge in [0.15, 0.2) is 0 Å². The van der Waals surface area contributed by atoms with Crippen LogP contribution in [-0.2, 0) is 24.1 Å². The first-order chi connectivity index (χ1) is 9.37. The molecule has 1 amide bonds. The van der Waals surface area contributed by atoms with E-state index in [0.717, 1.165) is 19.1 Å². The van der Waals surface area contributed by atoms with Gasteiger partial charge in [-0.2, -0.15) is 0 Å². The number of amides is 1. The lowest BCUT2D eigenvalue weighted by molar-refractivity contribution is -0.122. The smallest absolute Gasteiger partial charge is 0.236 e. The summed E-state index contributed by atoms with van der Waals surface area (Å²) in [6.07, 6.45) is 2.89. The van der Waals surface area contributed by atoms with Crippen LogP contribution in [0.3, 0.4) is 0 Å². The largest absolute Gasteiger partial charge is 0.382 e. The molecule has 0 aromatic rings. The monoisotopic (exact) mass is 310 g/mol. The zero-order valence-corrected chi connectivity index (χ0v) is 13.1. The minimum absolute atomic E-state index is 0.0745. The van der Waals surface area contributed by atoms with E-state index in [-0.39, 0.29) is 18.1 Å². The van der Waals surface area contributed by atoms with E-state index in [4.69, 9.17) is 15.2 Å². The lowest BCUT2D eigenvalue weighted by Crippen LogP contribution is -2.42. The number of hydrogen-bond donors (Lipinski definition) is 2. The van der Waals surface area contributed by atoms with Crippen molar-refractivity contribution in [3.8, 4) is 0 Å². The van der Waals surface area contributed by atoms with Crippen LogP contribution >= 0.6 is 0 Å². The Balaban J connectivity index is 3.53. The Morgan fingerprint density at radius 2 is 1.95 bits per heavy atom. The topological polar surface area (TPSA) is 108 Å². The standard InChI is InChI=1S/C12H26N2O5S/c1-18-8-9-19-7-4-3-6-14-12(15)11(13)5-10-20(2,16)17/h11H,3-10,13H2,1-2H3,(H,14,15). The van der Waals surface area contributed by atoms with E-state index in [1.54, 1.807) is 7.11 Å². The van der Waals surface area contributed by atoms with Crippen molar-refractivity contribution < 1.29 is 22.7 Å². The highest BCUT2D eigenvalue weighted by Gasteiger charge is 2.15. The molecule has 1 unspecified atom stereocenters. The minimum Gasteiger partial charge on any atom is -0.382 e. The maximum absolute atomic E-state index is 11.6. The number of methoxy groups -OCH3 is 1. The van der Waals surface area contributed by atoms with Crippen molar-refractivity contribution in [2.45, 2.75) is 25.3 Å². The van der Waals surface area contributed by atoms with Crippen molar-refractivity contribution in [3.63, 3.8) is 0 Å². The molecule has 0 bridgehead atoms. The Hall–Kier alpha value is -0.700. The van der Waals surface area contributed by atoms with Crippen LogP contribution in [0.5, 0.6) is 0 Å². The van der Waals surface area contributed by atoms with Gasteiger partial charge in [0.2, 0.25) is 5.91 Å². The van der Waals surface area contributed by atoms with Crippen LogP contribution in [0.25, 0.3) is 0 Å². The summed E-state index contributed by atoms with van der Waals surface area (Å²) in [4.78, 5) is 11.6. The Morgan fingerprint density at radius 3 is 2.55 bits per heavy atom. The summed E-state index contributed by atoms with van der Waals surface area (Å²) >= 11 is 0. The van der Waals surface area contributed by atoms with Crippen LogP contribution in [-0.4, -0.2) is 65.9 Å². The number of carbonyl (C=O) groups excluding carboxylic acids is 1. The Labute approximate surface area is 121 Å². The molecule has 0 aromatic heterocycles. The summed E-state index contributed by atoms with van der Waals surface area (Å²) in [5, 5.41) is 2.68. The van der Waals surface area contributed by atoms with Gasteiger partial charge in [0.25, 0.3) is 0 Å². The first-order valence-corrected chi connectivity index (χ1v) is 8.70. The van der Waals surface area contributed by atoms with Gasteiger partial charge in [-0.15, -0.1) is 0 Å². The van der Waals surface area contributed by atoms with E-state index < -0.39 is 15.9 Å². The quantitative estimate of drug-likeness (QED) is 0.462. The normalized spacial score (nSPS) is 13.2. The molecular weight excluding hydrogens is 284 g/mol. The molecule has 0 heterocycles. The van der Waals surface area contributed by atoms with E-state index >= 15 is 0 Å². The summed E-state index contributed by atoms with van der Waals surface area (Å²) < 4.78 is 32.0. The second-order valence-electron chi connectivity index (χ2n) is 4.63. The SMILES string of the molecule is COCCOCCCCNC(=O)C(N)CCS(C)(=O)=O. The van der Waals surface area contributed by atoms with E-state index in [9.17, 15) is 13.2 Å². The fraction of sp³-hybridized carbons (Fsp3) is 0.917. The zero-order valence-electron chi connectivity index (χ0n) is 12.3. The number of nitrogens with one attached hydrogen (secondary N) is 1. The minimum atomic E-state index is -3.08. The third-order valence-corrected chi connectivity index (χ3v) is 3.56. The van der Waals surface area contributed by atoms with Gasteiger partial charge in [-0.05, 0) is 19.3 Å². The summed E-state index contributed by atoms with van der Waals surface area (Å²) in [7, 11) is -1.46. The number of nitrogens with two attached hydrogens (primary N) is 1. The highest BCUT2D eigenvalue weighted by Crippen LogP contribution is 1.95. The highest BCUT2D eigenvalue weighted by atomic mass is 32.2. The number of unbranched alkanes of at least 4 members (excludes halogenated alkanes) is 1. The molecule has 0 saturated heterocycles. The first kappa shape index (κ1) is 19.3. The van der Waals surface area contributed by atoms with Crippen molar-refractivity contribution in [1.82, 2.24) is 5.32 Å². The lowest BCUT2D eigenvalue weighted by Gasteiger charge is -2.11. The van der Waals surface area contributed by atoms with Gasteiger partial charge in [0, 0.05) is 26.5 Å². The van der Waals surface area contributed by atoms with Crippen LogP contribution in [0.4, 0.5) is 0 Å². The molecule has 0 aliphatic heterocycles. The third-order valence-electron chi connectivity index (χ3n) is 2.58. The van der Waals surface area contributed by atoms with Gasteiger partial charge >= 0.3 is 0 Å². The molecule has 0 aliphatic rings. The van der Waals surface area contributed by atoms with Gasteiger partial charge < -0.3 is 20.5 Å². The molecular formula is C12H26N2O5S. The molecule has 3 N–H and O–H groups in total. The molecule has 20 heavy (non-hydrogen) atoms. The molecule has 8 heteroatoms. The van der Waals surface area contributed by atoms with Gasteiger partial charge in [0.05, 0.1) is 25.0 Å². The maximum Gasteiger partial charge on any atom is 0.236 e. The van der Waals surface area contributed by atoms with E-state index in [1.165, 1.54) is 0 Å². The molecule has 0 rings (SSSR count). The van der Waals surface area contributed by atoms with E-state index in [2.05, 4.69) is 5.32 Å². The highest BCUT2D eigenvalue weighted by molar-refractivity contribution is 7.90. The molecule has 0 aliphatic carbocycles. The summed E-state index contributed by atoms with van der Waals surface area (Å²) in [6.45, 7) is 2.28. The number of hydrogen-bond acceptors (Lipinski definition) is 6. The second kappa shape index (κ2) is 11.0. The summed E-state index contributed by atoms with van der Waals surface area (Å²) in [5.74, 6) is -0.386. The molecule has 0 fully saturated rings. The number of sulfone groups is 1. The first-order valence-electron chi connectivity index (χ1n) is 6.64. The fourth-order valence-corrected chi connectivity index (χ4v) is 2.07. The van der Waals surface area contributed by atoms with E-state index in [0.29, 0.717) is 26.4 Å². The van der Waals surface area contributed by atoms with Gasteiger partial charge in [0.1, 0.15) is 9.84 Å². The van der Waals surface area contributed by atoms with E-state index in [1.807, 2.05) is 0 Å². The van der Waals surface area contributed by atoms with Gasteiger partial charge in [-0.1, -0.05) is 0 Å². The molecule has 0 spiro atoms. The predicted octanol–water partition coefficient (Wildman–Crippen LogP) is -0.692. The number of rotatable bonds is 12. The molecule has 0 saturated carbocycles. The summed E-state index contributed by atoms with van der Waals surface area (Å²) in [5.41, 5.74) is 5.61.